The molecule has 4 nitrogen and oxygen atoms in total. The maximum Gasteiger partial charge on any atom is 0.167 e. The number of hydroxylamine groups is 1. The summed E-state index contributed by atoms with van der Waals surface area (Å²) < 4.78 is 5.99. The number of Topliss-reactive ketones (excluding diaryl/α,β-unsaturated/α-hetero) is 1. The fourth-order valence-corrected chi connectivity index (χ4v) is 3.24. The van der Waals surface area contributed by atoms with Crippen molar-refractivity contribution in [3.05, 3.63) is 59.7 Å². The topological polar surface area (TPSA) is 49.8 Å². The number of hydrogen-bond acceptors (Lipinski definition) is 4. The van der Waals surface area contributed by atoms with E-state index in [-0.39, 0.29) is 17.9 Å². The Labute approximate surface area is 149 Å². The Morgan fingerprint density at radius 3 is 2.76 bits per heavy atom. The molecule has 1 N–H and O–H groups in total. The molecule has 2 atom stereocenters. The second-order valence-electron chi connectivity index (χ2n) is 6.81. The second kappa shape index (κ2) is 7.70. The van der Waals surface area contributed by atoms with Crippen LogP contribution in [0.5, 0.6) is 5.75 Å². The van der Waals surface area contributed by atoms with Gasteiger partial charge in [-0.15, -0.1) is 0 Å². The number of rotatable bonds is 6. The SMILES string of the molecule is CC(CCCc1ccccc1)Oc1ccc2c(c1)N(O)C(C)CC2=O. The van der Waals surface area contributed by atoms with Gasteiger partial charge in [0.15, 0.2) is 5.78 Å². The molecule has 25 heavy (non-hydrogen) atoms. The van der Waals surface area contributed by atoms with Crippen LogP contribution >= 0.6 is 0 Å². The van der Waals surface area contributed by atoms with Gasteiger partial charge in [-0.3, -0.25) is 15.1 Å². The fourth-order valence-electron chi connectivity index (χ4n) is 3.24. The zero-order valence-corrected chi connectivity index (χ0v) is 14.8. The van der Waals surface area contributed by atoms with E-state index in [9.17, 15) is 10.0 Å². The summed E-state index contributed by atoms with van der Waals surface area (Å²) in [5.41, 5.74) is 2.44. The van der Waals surface area contributed by atoms with Gasteiger partial charge in [0, 0.05) is 18.1 Å². The van der Waals surface area contributed by atoms with Gasteiger partial charge in [-0.1, -0.05) is 30.3 Å². The van der Waals surface area contributed by atoms with Crippen LogP contribution in [0.25, 0.3) is 0 Å². The van der Waals surface area contributed by atoms with Gasteiger partial charge in [0.05, 0.1) is 17.8 Å². The average molecular weight is 339 g/mol. The third-order valence-electron chi connectivity index (χ3n) is 4.67. The van der Waals surface area contributed by atoms with Crippen molar-refractivity contribution in [1.82, 2.24) is 0 Å². The van der Waals surface area contributed by atoms with Gasteiger partial charge in [-0.05, 0) is 50.8 Å². The number of ether oxygens (including phenoxy) is 1. The highest BCUT2D eigenvalue weighted by molar-refractivity contribution is 6.03. The van der Waals surface area contributed by atoms with Gasteiger partial charge in [-0.25, -0.2) is 0 Å². The summed E-state index contributed by atoms with van der Waals surface area (Å²) in [7, 11) is 0. The van der Waals surface area contributed by atoms with E-state index in [0.29, 0.717) is 23.4 Å². The minimum atomic E-state index is -0.210. The molecular formula is C21H25NO3. The zero-order valence-electron chi connectivity index (χ0n) is 14.8. The molecule has 0 aliphatic carbocycles. The van der Waals surface area contributed by atoms with E-state index < -0.39 is 0 Å². The number of nitrogens with zero attached hydrogens (tertiary/aromatic N) is 1. The zero-order chi connectivity index (χ0) is 17.8. The molecule has 0 spiro atoms. The summed E-state index contributed by atoms with van der Waals surface area (Å²) in [6, 6.07) is 15.5. The predicted octanol–water partition coefficient (Wildman–Crippen LogP) is 4.65. The van der Waals surface area contributed by atoms with E-state index in [1.807, 2.05) is 19.1 Å². The summed E-state index contributed by atoms with van der Waals surface area (Å²) in [4.78, 5) is 12.1. The van der Waals surface area contributed by atoms with Crippen LogP contribution in [0.1, 0.15) is 49.0 Å². The van der Waals surface area contributed by atoms with Gasteiger partial charge >= 0.3 is 0 Å². The lowest BCUT2D eigenvalue weighted by Crippen LogP contribution is -2.37. The van der Waals surface area contributed by atoms with E-state index in [2.05, 4.69) is 31.2 Å². The quantitative estimate of drug-likeness (QED) is 0.832. The van der Waals surface area contributed by atoms with Crippen LogP contribution < -0.4 is 9.80 Å². The molecule has 1 aliphatic heterocycles. The number of benzene rings is 2. The molecule has 0 saturated carbocycles. The van der Waals surface area contributed by atoms with Crippen molar-refractivity contribution < 1.29 is 14.7 Å². The van der Waals surface area contributed by atoms with E-state index in [4.69, 9.17) is 4.74 Å². The first kappa shape index (κ1) is 17.5. The lowest BCUT2D eigenvalue weighted by atomic mass is 9.97. The maximum absolute atomic E-state index is 12.1. The molecule has 0 fully saturated rings. The van der Waals surface area contributed by atoms with Crippen LogP contribution in [0, 0.1) is 0 Å². The molecule has 0 saturated heterocycles. The molecule has 132 valence electrons. The summed E-state index contributed by atoms with van der Waals surface area (Å²) in [5, 5.41) is 11.4. The molecule has 4 heteroatoms. The largest absolute Gasteiger partial charge is 0.491 e. The second-order valence-corrected chi connectivity index (χ2v) is 6.81. The summed E-state index contributed by atoms with van der Waals surface area (Å²) in [6.45, 7) is 3.88. The summed E-state index contributed by atoms with van der Waals surface area (Å²) >= 11 is 0. The smallest absolute Gasteiger partial charge is 0.167 e. The molecular weight excluding hydrogens is 314 g/mol. The first-order valence-corrected chi connectivity index (χ1v) is 8.90. The molecule has 2 aromatic rings. The Bertz CT molecular complexity index is 729. The lowest BCUT2D eigenvalue weighted by Gasteiger charge is -2.31. The molecule has 1 heterocycles. The van der Waals surface area contributed by atoms with Crippen molar-refractivity contribution in [2.45, 2.75) is 51.7 Å². The van der Waals surface area contributed by atoms with Crippen molar-refractivity contribution in [1.29, 1.82) is 0 Å². The number of anilines is 1. The van der Waals surface area contributed by atoms with Gasteiger partial charge in [0.1, 0.15) is 5.75 Å². The summed E-state index contributed by atoms with van der Waals surface area (Å²) in [6.07, 6.45) is 3.45. The van der Waals surface area contributed by atoms with Gasteiger partial charge in [-0.2, -0.15) is 0 Å². The van der Waals surface area contributed by atoms with E-state index in [0.717, 1.165) is 19.3 Å². The van der Waals surface area contributed by atoms with Crippen molar-refractivity contribution in [3.63, 3.8) is 0 Å². The standard InChI is InChI=1S/C21H25NO3/c1-15-13-21(23)19-12-11-18(14-20(19)22(15)24)25-16(2)7-6-10-17-8-4-3-5-9-17/h3-5,8-9,11-12,14-16,24H,6-7,10,13H2,1-2H3. The van der Waals surface area contributed by atoms with Crippen molar-refractivity contribution >= 4 is 11.5 Å². The monoisotopic (exact) mass is 339 g/mol. The average Bonchev–Trinajstić information content (AvgIpc) is 2.60. The van der Waals surface area contributed by atoms with E-state index in [1.54, 1.807) is 12.1 Å². The third kappa shape index (κ3) is 4.20. The number of hydrogen-bond donors (Lipinski definition) is 1. The maximum atomic E-state index is 12.1. The van der Waals surface area contributed by atoms with Gasteiger partial charge in [0.25, 0.3) is 0 Å². The number of ketones is 1. The van der Waals surface area contributed by atoms with Gasteiger partial charge in [0.2, 0.25) is 0 Å². The molecule has 3 rings (SSSR count). The van der Waals surface area contributed by atoms with E-state index in [1.165, 1.54) is 10.6 Å². The lowest BCUT2D eigenvalue weighted by molar-refractivity contribution is 0.0933. The number of aryl methyl sites for hydroxylation is 1. The molecule has 0 bridgehead atoms. The third-order valence-corrected chi connectivity index (χ3v) is 4.67. The highest BCUT2D eigenvalue weighted by atomic mass is 16.5. The van der Waals surface area contributed by atoms with E-state index >= 15 is 0 Å². The van der Waals surface area contributed by atoms with Crippen LogP contribution in [0.3, 0.4) is 0 Å². The minimum Gasteiger partial charge on any atom is -0.491 e. The van der Waals surface area contributed by atoms with Crippen molar-refractivity contribution in [3.8, 4) is 5.75 Å². The Morgan fingerprint density at radius 1 is 1.24 bits per heavy atom. The summed E-state index contributed by atoms with van der Waals surface area (Å²) in [5.74, 6) is 0.752. The van der Waals surface area contributed by atoms with Crippen LogP contribution in [-0.2, 0) is 6.42 Å². The number of carbonyl (C=O) groups is 1. The van der Waals surface area contributed by atoms with Crippen LogP contribution in [0.4, 0.5) is 5.69 Å². The minimum absolute atomic E-state index is 0.0651. The first-order chi connectivity index (χ1) is 12.0. The molecule has 0 amide bonds. The molecule has 0 aromatic heterocycles. The number of fused-ring (bicyclic) bond motifs is 1. The van der Waals surface area contributed by atoms with Crippen LogP contribution in [0.15, 0.2) is 48.5 Å². The fraction of sp³-hybridized carbons (Fsp3) is 0.381. The van der Waals surface area contributed by atoms with Crippen LogP contribution in [-0.4, -0.2) is 23.1 Å². The Kier molecular flexibility index (Phi) is 5.39. The molecule has 0 radical (unpaired) electrons. The normalized spacial score (nSPS) is 18.0. The Morgan fingerprint density at radius 2 is 2.00 bits per heavy atom. The molecule has 2 aromatic carbocycles. The van der Waals surface area contributed by atoms with Gasteiger partial charge < -0.3 is 4.74 Å². The molecule has 1 aliphatic rings. The number of carbonyl (C=O) groups excluding carboxylic acids is 1. The molecule has 2 unspecified atom stereocenters. The Hall–Kier alpha value is -2.33. The first-order valence-electron chi connectivity index (χ1n) is 8.90. The van der Waals surface area contributed by atoms with Crippen molar-refractivity contribution in [2.24, 2.45) is 0 Å². The predicted molar refractivity (Wildman–Crippen MR) is 98.6 cm³/mol. The Balaban J connectivity index is 1.58. The van der Waals surface area contributed by atoms with Crippen molar-refractivity contribution in [2.75, 3.05) is 5.06 Å². The van der Waals surface area contributed by atoms with Crippen LogP contribution in [0.2, 0.25) is 0 Å². The highest BCUT2D eigenvalue weighted by Gasteiger charge is 2.28. The highest BCUT2D eigenvalue weighted by Crippen LogP contribution is 2.33.